The lowest BCUT2D eigenvalue weighted by Crippen LogP contribution is -2.40. The van der Waals surface area contributed by atoms with Crippen molar-refractivity contribution in [3.05, 3.63) is 23.0 Å². The second kappa shape index (κ2) is 8.04. The van der Waals surface area contributed by atoms with Crippen LogP contribution in [0.4, 0.5) is 5.82 Å². The lowest BCUT2D eigenvalue weighted by molar-refractivity contribution is 0.0519. The molecule has 0 aliphatic carbocycles. The lowest BCUT2D eigenvalue weighted by atomic mass is 10.0. The van der Waals surface area contributed by atoms with E-state index in [2.05, 4.69) is 49.6 Å². The summed E-state index contributed by atoms with van der Waals surface area (Å²) in [5, 5.41) is 4.80. The van der Waals surface area contributed by atoms with Gasteiger partial charge in [-0.05, 0) is 25.7 Å². The van der Waals surface area contributed by atoms with Gasteiger partial charge in [-0.1, -0.05) is 39.3 Å². The van der Waals surface area contributed by atoms with Crippen molar-refractivity contribution in [3.63, 3.8) is 0 Å². The van der Waals surface area contributed by atoms with Crippen LogP contribution in [0, 0.1) is 11.8 Å². The smallest absolute Gasteiger partial charge is 0.358 e. The van der Waals surface area contributed by atoms with E-state index < -0.39 is 5.97 Å². The number of carbonyl (C=O) groups excluding carboxylic acids is 1. The summed E-state index contributed by atoms with van der Waals surface area (Å²) in [7, 11) is 0. The van der Waals surface area contributed by atoms with E-state index in [-0.39, 0.29) is 11.7 Å². The van der Waals surface area contributed by atoms with Gasteiger partial charge in [-0.15, -0.1) is 0 Å². The normalized spacial score (nSPS) is 12.8. The fraction of sp³-hybridized carbons (Fsp3) is 0.611. The Morgan fingerprint density at radius 2 is 1.96 bits per heavy atom. The molecule has 25 heavy (non-hydrogen) atoms. The first kappa shape index (κ1) is 19.5. The molecule has 0 saturated carbocycles. The summed E-state index contributed by atoms with van der Waals surface area (Å²) >= 11 is 6.24. The number of anilines is 1. The highest BCUT2D eigenvalue weighted by Crippen LogP contribution is 2.26. The van der Waals surface area contributed by atoms with E-state index in [1.54, 1.807) is 23.6 Å². The van der Waals surface area contributed by atoms with E-state index in [9.17, 15) is 4.79 Å². The van der Waals surface area contributed by atoms with Crippen LogP contribution in [0.2, 0.25) is 5.15 Å². The van der Waals surface area contributed by atoms with Crippen molar-refractivity contribution in [2.75, 3.05) is 18.1 Å². The molecule has 6 nitrogen and oxygen atoms in total. The number of fused-ring (bicyclic) bond motifs is 1. The van der Waals surface area contributed by atoms with Crippen LogP contribution in [0.5, 0.6) is 0 Å². The summed E-state index contributed by atoms with van der Waals surface area (Å²) in [5.74, 6) is 1.28. The van der Waals surface area contributed by atoms with Gasteiger partial charge in [0, 0.05) is 24.7 Å². The average Bonchev–Trinajstić information content (AvgIpc) is 2.95. The molecule has 1 unspecified atom stereocenters. The average molecular weight is 367 g/mol. The Morgan fingerprint density at radius 3 is 2.52 bits per heavy atom. The minimum absolute atomic E-state index is 0.236. The zero-order chi connectivity index (χ0) is 18.7. The van der Waals surface area contributed by atoms with Gasteiger partial charge in [0.25, 0.3) is 0 Å². The summed E-state index contributed by atoms with van der Waals surface area (Å²) in [6.45, 7) is 13.8. The van der Waals surface area contributed by atoms with Gasteiger partial charge in [-0.3, -0.25) is 0 Å². The lowest BCUT2D eigenvalue weighted by Gasteiger charge is -2.35. The number of esters is 1. The Labute approximate surface area is 154 Å². The van der Waals surface area contributed by atoms with Crippen LogP contribution in [-0.2, 0) is 4.74 Å². The summed E-state index contributed by atoms with van der Waals surface area (Å²) in [6, 6.07) is 3.69. The Morgan fingerprint density at radius 1 is 1.28 bits per heavy atom. The third-order valence-corrected chi connectivity index (χ3v) is 4.37. The Balaban J connectivity index is 2.58. The van der Waals surface area contributed by atoms with Crippen LogP contribution in [0.1, 0.15) is 52.0 Å². The second-order valence-electron chi connectivity index (χ2n) is 6.99. The quantitative estimate of drug-likeness (QED) is 0.546. The van der Waals surface area contributed by atoms with Gasteiger partial charge in [-0.2, -0.15) is 9.61 Å². The maximum Gasteiger partial charge on any atom is 0.358 e. The molecule has 2 aromatic heterocycles. The van der Waals surface area contributed by atoms with Gasteiger partial charge >= 0.3 is 5.97 Å². The van der Waals surface area contributed by atoms with Gasteiger partial charge in [0.15, 0.2) is 11.3 Å². The number of nitrogens with zero attached hydrogens (tertiary/aromatic N) is 4. The van der Waals surface area contributed by atoms with E-state index in [1.165, 1.54) is 0 Å². The molecule has 0 saturated heterocycles. The van der Waals surface area contributed by atoms with Gasteiger partial charge in [0.1, 0.15) is 11.0 Å². The van der Waals surface area contributed by atoms with Gasteiger partial charge in [0.05, 0.1) is 6.61 Å². The molecule has 0 radical (unpaired) electrons. The fourth-order valence-corrected chi connectivity index (χ4v) is 2.84. The first-order chi connectivity index (χ1) is 11.7. The van der Waals surface area contributed by atoms with Crippen LogP contribution in [0.3, 0.4) is 0 Å². The first-order valence-corrected chi connectivity index (χ1v) is 9.12. The highest BCUT2D eigenvalue weighted by atomic mass is 35.5. The van der Waals surface area contributed by atoms with Crippen molar-refractivity contribution in [3.8, 4) is 0 Å². The van der Waals surface area contributed by atoms with Crippen LogP contribution in [0.15, 0.2) is 12.1 Å². The SMILES string of the molecule is CCOC(=O)c1cc2nc(Cl)cc(N(CC(C)C)C(C)C(C)C)n2n1. The van der Waals surface area contributed by atoms with Crippen molar-refractivity contribution >= 4 is 29.0 Å². The van der Waals surface area contributed by atoms with Crippen molar-refractivity contribution in [1.29, 1.82) is 0 Å². The summed E-state index contributed by atoms with van der Waals surface area (Å²) in [4.78, 5) is 18.6. The second-order valence-corrected chi connectivity index (χ2v) is 7.38. The summed E-state index contributed by atoms with van der Waals surface area (Å²) in [5.41, 5.74) is 0.773. The predicted octanol–water partition coefficient (Wildman–Crippen LogP) is 4.07. The van der Waals surface area contributed by atoms with Crippen LogP contribution < -0.4 is 4.90 Å². The Hall–Kier alpha value is -1.82. The highest BCUT2D eigenvalue weighted by molar-refractivity contribution is 6.29. The predicted molar refractivity (Wildman–Crippen MR) is 100 cm³/mol. The zero-order valence-electron chi connectivity index (χ0n) is 15.8. The van der Waals surface area contributed by atoms with E-state index in [0.29, 0.717) is 29.2 Å². The monoisotopic (exact) mass is 366 g/mol. The molecule has 0 bridgehead atoms. The summed E-state index contributed by atoms with van der Waals surface area (Å²) in [6.07, 6.45) is 0. The molecule has 0 aromatic carbocycles. The third kappa shape index (κ3) is 4.42. The standard InChI is InChI=1S/C18H27ClN4O2/c1-7-25-18(24)14-8-16-20-15(19)9-17(23(16)21-14)22(10-11(2)3)13(6)12(4)5/h8-9,11-13H,7,10H2,1-6H3. The van der Waals surface area contributed by atoms with Gasteiger partial charge < -0.3 is 9.64 Å². The Bertz CT molecular complexity index is 742. The van der Waals surface area contributed by atoms with Gasteiger partial charge in [-0.25, -0.2) is 9.78 Å². The first-order valence-electron chi connectivity index (χ1n) is 8.74. The molecule has 0 spiro atoms. The number of halogens is 1. The number of carbonyl (C=O) groups is 1. The molecular formula is C18H27ClN4O2. The van der Waals surface area contributed by atoms with E-state index in [1.807, 2.05) is 0 Å². The maximum absolute atomic E-state index is 12.0. The number of rotatable bonds is 7. The van der Waals surface area contributed by atoms with E-state index in [0.717, 1.165) is 12.4 Å². The van der Waals surface area contributed by atoms with Crippen molar-refractivity contribution in [2.45, 2.75) is 47.6 Å². The molecule has 0 amide bonds. The molecule has 1 atom stereocenters. The minimum Gasteiger partial charge on any atom is -0.461 e. The molecule has 138 valence electrons. The third-order valence-electron chi connectivity index (χ3n) is 4.17. The molecule has 0 N–H and O–H groups in total. The molecule has 2 heterocycles. The van der Waals surface area contributed by atoms with Crippen LogP contribution >= 0.6 is 11.6 Å². The van der Waals surface area contributed by atoms with Crippen molar-refractivity contribution in [2.24, 2.45) is 11.8 Å². The fourth-order valence-electron chi connectivity index (χ4n) is 2.66. The van der Waals surface area contributed by atoms with Crippen LogP contribution in [0.25, 0.3) is 5.65 Å². The Kier molecular flexibility index (Phi) is 6.27. The number of hydrogen-bond donors (Lipinski definition) is 0. The highest BCUT2D eigenvalue weighted by Gasteiger charge is 2.24. The molecule has 0 aliphatic rings. The maximum atomic E-state index is 12.0. The van der Waals surface area contributed by atoms with Crippen molar-refractivity contribution < 1.29 is 9.53 Å². The topological polar surface area (TPSA) is 59.7 Å². The summed E-state index contributed by atoms with van der Waals surface area (Å²) < 4.78 is 6.73. The van der Waals surface area contributed by atoms with E-state index >= 15 is 0 Å². The zero-order valence-corrected chi connectivity index (χ0v) is 16.5. The van der Waals surface area contributed by atoms with Gasteiger partial charge in [0.2, 0.25) is 0 Å². The molecule has 2 aromatic rings. The molecule has 0 fully saturated rings. The van der Waals surface area contributed by atoms with Crippen LogP contribution in [-0.4, -0.2) is 39.8 Å². The minimum atomic E-state index is -0.456. The van der Waals surface area contributed by atoms with Crippen molar-refractivity contribution in [1.82, 2.24) is 14.6 Å². The molecule has 0 aliphatic heterocycles. The van der Waals surface area contributed by atoms with E-state index in [4.69, 9.17) is 16.3 Å². The largest absolute Gasteiger partial charge is 0.461 e. The molecule has 7 heteroatoms. The number of aromatic nitrogens is 3. The molecular weight excluding hydrogens is 340 g/mol. The number of ether oxygens (including phenoxy) is 1. The number of hydrogen-bond acceptors (Lipinski definition) is 5. The molecule has 2 rings (SSSR count).